The van der Waals surface area contributed by atoms with E-state index in [1.54, 1.807) is 24.3 Å². The van der Waals surface area contributed by atoms with Crippen LogP contribution >= 0.6 is 11.3 Å². The van der Waals surface area contributed by atoms with Gasteiger partial charge in [0.05, 0.1) is 0 Å². The number of halogens is 2. The van der Waals surface area contributed by atoms with Crippen LogP contribution in [0.5, 0.6) is 0 Å². The molecule has 0 aliphatic carbocycles. The summed E-state index contributed by atoms with van der Waals surface area (Å²) in [5, 5.41) is 11.3. The molecular formula is C13H10F2N2O4S. The lowest BCUT2D eigenvalue weighted by molar-refractivity contribution is -0.166. The number of nitrogens with zero attached hydrogens (tertiary/aromatic N) is 1. The first kappa shape index (κ1) is 15.8. The number of hydrogen-bond acceptors (Lipinski definition) is 5. The van der Waals surface area contributed by atoms with Gasteiger partial charge in [0.1, 0.15) is 12.3 Å². The second-order valence-corrected chi connectivity index (χ2v) is 4.96. The van der Waals surface area contributed by atoms with Crippen molar-refractivity contribution in [2.45, 2.75) is 12.5 Å². The van der Waals surface area contributed by atoms with Crippen LogP contribution in [0.1, 0.15) is 11.3 Å². The second-order valence-electron chi connectivity index (χ2n) is 4.10. The highest BCUT2D eigenvalue weighted by molar-refractivity contribution is 7.13. The Morgan fingerprint density at radius 1 is 1.32 bits per heavy atom. The Morgan fingerprint density at radius 3 is 2.64 bits per heavy atom. The summed E-state index contributed by atoms with van der Waals surface area (Å²) >= 11 is 0.677. The largest absolute Gasteiger partial charge is 0.476 e. The van der Waals surface area contributed by atoms with E-state index in [2.05, 4.69) is 10.3 Å². The summed E-state index contributed by atoms with van der Waals surface area (Å²) in [4.78, 5) is 25.3. The van der Waals surface area contributed by atoms with Crippen LogP contribution in [0.25, 0.3) is 0 Å². The summed E-state index contributed by atoms with van der Waals surface area (Å²) in [6.45, 7) is 0.0101. The van der Waals surface area contributed by atoms with Gasteiger partial charge in [0, 0.05) is 5.38 Å². The van der Waals surface area contributed by atoms with Gasteiger partial charge in [0.2, 0.25) is 0 Å². The fraction of sp³-hybridized carbons (Fsp3) is 0.154. The van der Waals surface area contributed by atoms with Gasteiger partial charge in [-0.25, -0.2) is 14.6 Å². The molecule has 0 radical (unpaired) electrons. The van der Waals surface area contributed by atoms with Crippen LogP contribution < -0.4 is 5.32 Å². The van der Waals surface area contributed by atoms with Gasteiger partial charge in [-0.2, -0.15) is 8.78 Å². The van der Waals surface area contributed by atoms with Gasteiger partial charge < -0.3 is 9.84 Å². The maximum atomic E-state index is 13.2. The van der Waals surface area contributed by atoms with Crippen molar-refractivity contribution in [2.24, 2.45) is 0 Å². The molecule has 1 amide bonds. The monoisotopic (exact) mass is 328 g/mol. The highest BCUT2D eigenvalue weighted by Crippen LogP contribution is 2.30. The molecule has 0 fully saturated rings. The van der Waals surface area contributed by atoms with Crippen molar-refractivity contribution in [1.82, 2.24) is 4.98 Å². The predicted octanol–water partition coefficient (Wildman–Crippen LogP) is 3.07. The average Bonchev–Trinajstić information content (AvgIpc) is 2.95. The molecule has 0 atom stereocenters. The molecule has 1 aromatic carbocycles. The second kappa shape index (κ2) is 6.48. The van der Waals surface area contributed by atoms with Crippen molar-refractivity contribution in [3.8, 4) is 0 Å². The third kappa shape index (κ3) is 3.76. The standard InChI is InChI=1S/C13H10F2N2O4S/c14-13(15,10(18)19)9-7-22-11(16-9)17-12(20)21-6-8-4-2-1-3-5-8/h1-5,7H,6H2,(H,18,19)(H,16,17,20). The first-order valence-electron chi connectivity index (χ1n) is 5.94. The number of aliphatic carboxylic acids is 1. The van der Waals surface area contributed by atoms with E-state index >= 15 is 0 Å². The fourth-order valence-corrected chi connectivity index (χ4v) is 2.15. The minimum absolute atomic E-state index is 0.0101. The Balaban J connectivity index is 1.93. The quantitative estimate of drug-likeness (QED) is 0.880. The van der Waals surface area contributed by atoms with Gasteiger partial charge in [0.15, 0.2) is 5.13 Å². The van der Waals surface area contributed by atoms with E-state index in [-0.39, 0.29) is 11.7 Å². The zero-order chi connectivity index (χ0) is 16.2. The first-order chi connectivity index (χ1) is 10.4. The number of amides is 1. The molecule has 0 aliphatic heterocycles. The summed E-state index contributed by atoms with van der Waals surface area (Å²) in [5.74, 6) is -6.42. The molecule has 1 aromatic heterocycles. The number of hydrogen-bond donors (Lipinski definition) is 2. The van der Waals surface area contributed by atoms with Gasteiger partial charge in [-0.1, -0.05) is 30.3 Å². The summed E-state index contributed by atoms with van der Waals surface area (Å²) in [6, 6.07) is 8.86. The molecule has 0 aliphatic rings. The molecule has 9 heteroatoms. The highest BCUT2D eigenvalue weighted by atomic mass is 32.1. The highest BCUT2D eigenvalue weighted by Gasteiger charge is 2.43. The molecule has 116 valence electrons. The van der Waals surface area contributed by atoms with Gasteiger partial charge in [0.25, 0.3) is 0 Å². The number of rotatable bonds is 5. The number of carboxylic acid groups (broad SMARTS) is 1. The summed E-state index contributed by atoms with van der Waals surface area (Å²) < 4.78 is 31.3. The number of anilines is 1. The molecule has 0 saturated carbocycles. The lowest BCUT2D eigenvalue weighted by Gasteiger charge is -2.07. The van der Waals surface area contributed by atoms with Crippen LogP contribution in [0.2, 0.25) is 0 Å². The number of nitrogens with one attached hydrogen (secondary N) is 1. The van der Waals surface area contributed by atoms with Gasteiger partial charge in [-0.15, -0.1) is 11.3 Å². The summed E-state index contributed by atoms with van der Waals surface area (Å²) in [7, 11) is 0. The first-order valence-corrected chi connectivity index (χ1v) is 6.82. The number of ether oxygens (including phenoxy) is 1. The molecule has 6 nitrogen and oxygen atoms in total. The van der Waals surface area contributed by atoms with E-state index in [9.17, 15) is 18.4 Å². The molecule has 22 heavy (non-hydrogen) atoms. The summed E-state index contributed by atoms with van der Waals surface area (Å²) in [5.41, 5.74) is -0.182. The van der Waals surface area contributed by atoms with Crippen molar-refractivity contribution in [2.75, 3.05) is 5.32 Å². The van der Waals surface area contributed by atoms with E-state index in [1.807, 2.05) is 6.07 Å². The van der Waals surface area contributed by atoms with Crippen LogP contribution in [-0.4, -0.2) is 22.2 Å². The van der Waals surface area contributed by atoms with Crippen LogP contribution in [0.15, 0.2) is 35.7 Å². The Morgan fingerprint density at radius 2 is 2.00 bits per heavy atom. The minimum atomic E-state index is -4.11. The molecule has 0 saturated heterocycles. The third-order valence-corrected chi connectivity index (χ3v) is 3.27. The van der Waals surface area contributed by atoms with Gasteiger partial charge >= 0.3 is 18.0 Å². The molecule has 0 spiro atoms. The van der Waals surface area contributed by atoms with Crippen molar-refractivity contribution in [3.63, 3.8) is 0 Å². The maximum Gasteiger partial charge on any atom is 0.413 e. The van der Waals surface area contributed by atoms with Crippen LogP contribution in [0.3, 0.4) is 0 Å². The maximum absolute atomic E-state index is 13.2. The molecule has 0 unspecified atom stereocenters. The van der Waals surface area contributed by atoms with E-state index in [4.69, 9.17) is 9.84 Å². The van der Waals surface area contributed by atoms with Crippen molar-refractivity contribution < 1.29 is 28.2 Å². The van der Waals surface area contributed by atoms with Crippen molar-refractivity contribution in [3.05, 3.63) is 47.0 Å². The summed E-state index contributed by atoms with van der Waals surface area (Å²) in [6.07, 6.45) is -0.872. The smallest absolute Gasteiger partial charge is 0.413 e. The SMILES string of the molecule is O=C(Nc1nc(C(F)(F)C(=O)O)cs1)OCc1ccccc1. The Kier molecular flexibility index (Phi) is 4.66. The van der Waals surface area contributed by atoms with E-state index in [0.29, 0.717) is 11.3 Å². The lowest BCUT2D eigenvalue weighted by Crippen LogP contribution is -2.25. The minimum Gasteiger partial charge on any atom is -0.476 e. The third-order valence-electron chi connectivity index (χ3n) is 2.52. The number of alkyl halides is 2. The number of carbonyl (C=O) groups is 2. The average molecular weight is 328 g/mol. The molecule has 1 heterocycles. The van der Waals surface area contributed by atoms with Gasteiger partial charge in [-0.3, -0.25) is 5.32 Å². The molecule has 2 rings (SSSR count). The topological polar surface area (TPSA) is 88.5 Å². The van der Waals surface area contributed by atoms with Crippen molar-refractivity contribution in [1.29, 1.82) is 0 Å². The van der Waals surface area contributed by atoms with E-state index in [1.165, 1.54) is 0 Å². The van der Waals surface area contributed by atoms with Gasteiger partial charge in [-0.05, 0) is 5.56 Å². The van der Waals surface area contributed by atoms with E-state index in [0.717, 1.165) is 10.9 Å². The molecular weight excluding hydrogens is 318 g/mol. The number of aromatic nitrogens is 1. The fourth-order valence-electron chi connectivity index (χ4n) is 1.43. The number of thiazole rings is 1. The van der Waals surface area contributed by atoms with Crippen LogP contribution in [-0.2, 0) is 22.1 Å². The van der Waals surface area contributed by atoms with Crippen LogP contribution in [0, 0.1) is 0 Å². The lowest BCUT2D eigenvalue weighted by atomic mass is 10.2. The van der Waals surface area contributed by atoms with Crippen LogP contribution in [0.4, 0.5) is 18.7 Å². The molecule has 2 N–H and O–H groups in total. The predicted molar refractivity (Wildman–Crippen MR) is 73.9 cm³/mol. The number of carbonyl (C=O) groups excluding carboxylic acids is 1. The normalized spacial score (nSPS) is 11.0. The van der Waals surface area contributed by atoms with Crippen molar-refractivity contribution >= 4 is 28.5 Å². The molecule has 2 aromatic rings. The van der Waals surface area contributed by atoms with E-state index < -0.39 is 23.7 Å². The zero-order valence-corrected chi connectivity index (χ0v) is 11.8. The zero-order valence-electron chi connectivity index (χ0n) is 11.0. The Bertz CT molecular complexity index is 676. The Labute approximate surface area is 127 Å². The number of benzene rings is 1. The molecule has 0 bridgehead atoms. The Hall–Kier alpha value is -2.55. The number of carboxylic acids is 1.